The van der Waals surface area contributed by atoms with Crippen LogP contribution in [0.15, 0.2) is 36.4 Å². The second-order valence-electron chi connectivity index (χ2n) is 8.68. The van der Waals surface area contributed by atoms with Crippen molar-refractivity contribution in [3.05, 3.63) is 58.1 Å². The molecule has 1 saturated heterocycles. The minimum Gasteiger partial charge on any atom is -0.369 e. The van der Waals surface area contributed by atoms with E-state index in [4.69, 9.17) is 11.6 Å². The predicted molar refractivity (Wildman–Crippen MR) is 124 cm³/mol. The smallest absolute Gasteiger partial charge is 0.369 e. The molecular weight excluding hydrogens is 534 g/mol. The highest BCUT2D eigenvalue weighted by atomic mass is 35.5. The third-order valence-electron chi connectivity index (χ3n) is 6.25. The maximum absolute atomic E-state index is 13.2. The molecule has 0 radical (unpaired) electrons. The maximum atomic E-state index is 13.2. The number of halogens is 7. The first-order valence-electron chi connectivity index (χ1n) is 10.9. The van der Waals surface area contributed by atoms with Crippen molar-refractivity contribution < 1.29 is 39.9 Å². The molecule has 0 spiro atoms. The van der Waals surface area contributed by atoms with Gasteiger partial charge < -0.3 is 5.11 Å². The van der Waals surface area contributed by atoms with Crippen LogP contribution in [0.1, 0.15) is 23.6 Å². The molecule has 1 heterocycles. The molecule has 0 atom stereocenters. The van der Waals surface area contributed by atoms with Crippen molar-refractivity contribution >= 4 is 21.6 Å². The van der Waals surface area contributed by atoms with E-state index in [1.807, 2.05) is 13.0 Å². The lowest BCUT2D eigenvalue weighted by molar-refractivity contribution is -0.376. The minimum atomic E-state index is -6.00. The van der Waals surface area contributed by atoms with Gasteiger partial charge in [-0.2, -0.15) is 30.6 Å². The molecule has 0 bridgehead atoms. The van der Waals surface area contributed by atoms with Crippen LogP contribution in [0.3, 0.4) is 0 Å². The predicted octanol–water partition coefficient (Wildman–Crippen LogP) is 4.96. The van der Waals surface area contributed by atoms with Crippen LogP contribution in [0, 0.1) is 0 Å². The second-order valence-corrected chi connectivity index (χ2v) is 11.1. The Bertz CT molecular complexity index is 1200. The van der Waals surface area contributed by atoms with E-state index in [0.29, 0.717) is 56.8 Å². The van der Waals surface area contributed by atoms with E-state index >= 15 is 0 Å². The van der Waals surface area contributed by atoms with Gasteiger partial charge in [-0.1, -0.05) is 48.9 Å². The zero-order chi connectivity index (χ0) is 27.1. The molecular formula is C23H25ClF6N2O3S. The number of benzene rings is 2. The molecule has 36 heavy (non-hydrogen) atoms. The molecule has 2 aromatic carbocycles. The van der Waals surface area contributed by atoms with Gasteiger partial charge in [0.15, 0.2) is 0 Å². The first kappa shape index (κ1) is 28.7. The molecule has 1 aliphatic rings. The Morgan fingerprint density at radius 3 is 1.94 bits per heavy atom. The quantitative estimate of drug-likeness (QED) is 0.509. The fraction of sp³-hybridized carbons (Fsp3) is 0.478. The number of aryl methyl sites for hydroxylation is 1. The fourth-order valence-electron chi connectivity index (χ4n) is 4.22. The van der Waals surface area contributed by atoms with Crippen molar-refractivity contribution in [1.82, 2.24) is 9.21 Å². The molecule has 13 heteroatoms. The van der Waals surface area contributed by atoms with Gasteiger partial charge in [-0.25, -0.2) is 8.42 Å². The summed E-state index contributed by atoms with van der Waals surface area (Å²) in [6, 6.07) is 7.47. The van der Waals surface area contributed by atoms with E-state index in [-0.39, 0.29) is 10.6 Å². The number of piperazine rings is 1. The monoisotopic (exact) mass is 558 g/mol. The molecule has 2 aromatic rings. The maximum Gasteiger partial charge on any atom is 0.430 e. The zero-order valence-corrected chi connectivity index (χ0v) is 21.0. The average molecular weight is 559 g/mol. The van der Waals surface area contributed by atoms with E-state index < -0.39 is 33.5 Å². The largest absolute Gasteiger partial charge is 0.430 e. The average Bonchev–Trinajstić information content (AvgIpc) is 2.77. The summed E-state index contributed by atoms with van der Waals surface area (Å²) in [5.74, 6) is 0. The van der Waals surface area contributed by atoms with Gasteiger partial charge >= 0.3 is 12.4 Å². The molecule has 0 amide bonds. The molecule has 0 unspecified atom stereocenters. The van der Waals surface area contributed by atoms with Crippen LogP contribution in [0.4, 0.5) is 26.3 Å². The Labute approximate surface area is 210 Å². The number of hydrogen-bond acceptors (Lipinski definition) is 4. The summed E-state index contributed by atoms with van der Waals surface area (Å²) in [6.45, 7) is 4.24. The summed E-state index contributed by atoms with van der Waals surface area (Å²) < 4.78 is 104. The van der Waals surface area contributed by atoms with Gasteiger partial charge in [0.2, 0.25) is 10.0 Å². The first-order chi connectivity index (χ1) is 16.5. The summed E-state index contributed by atoms with van der Waals surface area (Å²) in [6.07, 6.45) is -10.3. The van der Waals surface area contributed by atoms with Crippen LogP contribution in [0.5, 0.6) is 0 Å². The number of nitrogens with zero attached hydrogens (tertiary/aromatic N) is 2. The lowest BCUT2D eigenvalue weighted by Gasteiger charge is -2.33. The van der Waals surface area contributed by atoms with Crippen LogP contribution in [-0.2, 0) is 28.6 Å². The van der Waals surface area contributed by atoms with E-state index in [1.54, 1.807) is 12.1 Å². The summed E-state index contributed by atoms with van der Waals surface area (Å²) in [5.41, 5.74) is -4.00. The molecule has 0 saturated carbocycles. The lowest BCUT2D eigenvalue weighted by Crippen LogP contribution is -2.53. The minimum absolute atomic E-state index is 0.234. The highest BCUT2D eigenvalue weighted by molar-refractivity contribution is 7.88. The summed E-state index contributed by atoms with van der Waals surface area (Å²) in [4.78, 5) is 2.09. The van der Waals surface area contributed by atoms with Crippen molar-refractivity contribution in [2.75, 3.05) is 32.4 Å². The van der Waals surface area contributed by atoms with Crippen molar-refractivity contribution in [2.24, 2.45) is 0 Å². The van der Waals surface area contributed by atoms with E-state index in [9.17, 15) is 39.9 Å². The molecule has 1 N–H and O–H groups in total. The number of rotatable bonds is 6. The van der Waals surface area contributed by atoms with Crippen LogP contribution in [0.25, 0.3) is 11.1 Å². The van der Waals surface area contributed by atoms with Gasteiger partial charge in [-0.3, -0.25) is 4.90 Å². The third kappa shape index (κ3) is 5.67. The van der Waals surface area contributed by atoms with E-state index in [1.165, 1.54) is 10.6 Å². The zero-order valence-electron chi connectivity index (χ0n) is 19.4. The van der Waals surface area contributed by atoms with Gasteiger partial charge in [0.05, 0.1) is 6.26 Å². The fourth-order valence-corrected chi connectivity index (χ4v) is 5.33. The second kappa shape index (κ2) is 10.1. The number of hydrogen-bond donors (Lipinski definition) is 1. The van der Waals surface area contributed by atoms with Gasteiger partial charge in [-0.05, 0) is 29.2 Å². The normalized spacial score (nSPS) is 16.9. The van der Waals surface area contributed by atoms with E-state index in [0.717, 1.165) is 17.2 Å². The SMILES string of the molecule is CCc1cc(CN2CCN(S(C)(=O)=O)CC2)ccc1-c1ccc(C(O)(C(F)(F)F)C(F)(F)F)cc1Cl. The van der Waals surface area contributed by atoms with Gasteiger partial charge in [0.1, 0.15) is 0 Å². The molecule has 5 nitrogen and oxygen atoms in total. The van der Waals surface area contributed by atoms with Crippen LogP contribution in [0.2, 0.25) is 5.02 Å². The summed E-state index contributed by atoms with van der Waals surface area (Å²) >= 11 is 6.14. The summed E-state index contributed by atoms with van der Waals surface area (Å²) in [5, 5.41) is 9.28. The van der Waals surface area contributed by atoms with Crippen LogP contribution >= 0.6 is 11.6 Å². The topological polar surface area (TPSA) is 60.9 Å². The van der Waals surface area contributed by atoms with Crippen molar-refractivity contribution in [3.63, 3.8) is 0 Å². The third-order valence-corrected chi connectivity index (χ3v) is 7.87. The van der Waals surface area contributed by atoms with Crippen LogP contribution < -0.4 is 0 Å². The highest BCUT2D eigenvalue weighted by Crippen LogP contribution is 2.51. The van der Waals surface area contributed by atoms with Gasteiger partial charge in [0.25, 0.3) is 5.60 Å². The Morgan fingerprint density at radius 2 is 1.47 bits per heavy atom. The molecule has 200 valence electrons. The molecule has 0 aromatic heterocycles. The Morgan fingerprint density at radius 1 is 0.917 bits per heavy atom. The Hall–Kier alpha value is -1.86. The van der Waals surface area contributed by atoms with Gasteiger partial charge in [0, 0.05) is 48.9 Å². The van der Waals surface area contributed by atoms with Crippen LogP contribution in [-0.4, -0.2) is 67.5 Å². The molecule has 0 aliphatic carbocycles. The summed E-state index contributed by atoms with van der Waals surface area (Å²) in [7, 11) is -3.25. The lowest BCUT2D eigenvalue weighted by atomic mass is 9.89. The van der Waals surface area contributed by atoms with Crippen molar-refractivity contribution in [1.29, 1.82) is 0 Å². The number of alkyl halides is 6. The van der Waals surface area contributed by atoms with Crippen molar-refractivity contribution in [3.8, 4) is 11.1 Å². The Balaban J connectivity index is 1.87. The standard InChI is InChI=1S/C23H25ClF6N2O3S/c1-3-16-12-15(14-31-8-10-32(11-9-31)36(2,34)35)4-6-18(16)19-7-5-17(13-20(19)24)21(33,22(25,26)27)23(28,29)30/h4-7,12-13,33H,3,8-11,14H2,1-2H3. The first-order valence-corrected chi connectivity index (χ1v) is 13.2. The molecule has 1 aliphatic heterocycles. The highest BCUT2D eigenvalue weighted by Gasteiger charge is 2.71. The molecule has 3 rings (SSSR count). The van der Waals surface area contributed by atoms with E-state index in [2.05, 4.69) is 4.90 Å². The molecule has 1 fully saturated rings. The Kier molecular flexibility index (Phi) is 8.08. The van der Waals surface area contributed by atoms with Gasteiger partial charge in [-0.15, -0.1) is 0 Å². The number of sulfonamides is 1. The van der Waals surface area contributed by atoms with Crippen molar-refractivity contribution in [2.45, 2.75) is 37.8 Å². The number of aliphatic hydroxyl groups is 1.